The van der Waals surface area contributed by atoms with Crippen LogP contribution in [-0.4, -0.2) is 33.1 Å². The van der Waals surface area contributed by atoms with Gasteiger partial charge in [0.15, 0.2) is 11.5 Å². The van der Waals surface area contributed by atoms with Crippen molar-refractivity contribution in [2.75, 3.05) is 12.4 Å². The maximum Gasteiger partial charge on any atom is 0.217 e. The van der Waals surface area contributed by atoms with Crippen LogP contribution >= 0.6 is 0 Å². The molecule has 2 N–H and O–H groups in total. The van der Waals surface area contributed by atoms with Crippen LogP contribution in [0.15, 0.2) is 73.2 Å². The molecule has 0 saturated heterocycles. The van der Waals surface area contributed by atoms with Crippen LogP contribution in [0.25, 0.3) is 11.1 Å². The summed E-state index contributed by atoms with van der Waals surface area (Å²) in [6, 6.07) is 17.9. The van der Waals surface area contributed by atoms with Gasteiger partial charge in [0.25, 0.3) is 0 Å². The fraction of sp³-hybridized carbons (Fsp3) is 0.286. The third-order valence-corrected chi connectivity index (χ3v) is 6.53. The summed E-state index contributed by atoms with van der Waals surface area (Å²) in [5, 5.41) is 18.2. The number of methoxy groups -OCH3 is 1. The van der Waals surface area contributed by atoms with Crippen molar-refractivity contribution in [1.29, 1.82) is 0 Å². The van der Waals surface area contributed by atoms with Gasteiger partial charge >= 0.3 is 0 Å². The van der Waals surface area contributed by atoms with Gasteiger partial charge in [-0.25, -0.2) is 4.68 Å². The number of nitrogens with one attached hydrogen (secondary N) is 1. The van der Waals surface area contributed by atoms with Crippen molar-refractivity contribution in [2.24, 2.45) is 7.05 Å². The number of nitrogens with zero attached hydrogens (tertiary/aromatic N) is 3. The van der Waals surface area contributed by atoms with Crippen molar-refractivity contribution in [2.45, 2.75) is 37.8 Å². The summed E-state index contributed by atoms with van der Waals surface area (Å²) in [6.45, 7) is 0. The molecule has 0 radical (unpaired) electrons. The topological polar surface area (TPSA) is 81.4 Å². The van der Waals surface area contributed by atoms with E-state index in [4.69, 9.17) is 9.47 Å². The fourth-order valence-electron chi connectivity index (χ4n) is 4.63. The SMILES string of the molecule is COc1ccc(C(Nc2cccc(-c3cnn(C)c3O)c2)c2cccnc2)cc1OC1CCCC1. The second-order valence-corrected chi connectivity index (χ2v) is 8.88. The minimum Gasteiger partial charge on any atom is -0.493 e. The second kappa shape index (κ2) is 10.1. The van der Waals surface area contributed by atoms with E-state index < -0.39 is 0 Å². The number of anilines is 1. The van der Waals surface area contributed by atoms with Gasteiger partial charge in [-0.2, -0.15) is 5.10 Å². The van der Waals surface area contributed by atoms with E-state index in [2.05, 4.69) is 33.6 Å². The third-order valence-electron chi connectivity index (χ3n) is 6.53. The summed E-state index contributed by atoms with van der Waals surface area (Å²) in [4.78, 5) is 4.35. The Morgan fingerprint density at radius 1 is 1.00 bits per heavy atom. The van der Waals surface area contributed by atoms with Crippen molar-refractivity contribution in [1.82, 2.24) is 14.8 Å². The quantitative estimate of drug-likeness (QED) is 0.343. The molecule has 0 spiro atoms. The minimum atomic E-state index is -0.168. The highest BCUT2D eigenvalue weighted by atomic mass is 16.5. The zero-order valence-corrected chi connectivity index (χ0v) is 20.0. The smallest absolute Gasteiger partial charge is 0.217 e. The van der Waals surface area contributed by atoms with Crippen LogP contribution in [0.4, 0.5) is 5.69 Å². The van der Waals surface area contributed by atoms with Gasteiger partial charge in [0, 0.05) is 25.1 Å². The lowest BCUT2D eigenvalue weighted by molar-refractivity contribution is 0.200. The van der Waals surface area contributed by atoms with Crippen molar-refractivity contribution in [3.8, 4) is 28.5 Å². The number of benzene rings is 2. The van der Waals surface area contributed by atoms with Gasteiger partial charge in [-0.05, 0) is 72.7 Å². The first kappa shape index (κ1) is 22.8. The van der Waals surface area contributed by atoms with Gasteiger partial charge in [0.1, 0.15) is 0 Å². The zero-order chi connectivity index (χ0) is 24.2. The normalized spacial score (nSPS) is 14.6. The van der Waals surface area contributed by atoms with Crippen LogP contribution in [0.5, 0.6) is 17.4 Å². The number of rotatable bonds is 8. The zero-order valence-electron chi connectivity index (χ0n) is 20.0. The molecule has 4 aromatic rings. The molecule has 2 aromatic carbocycles. The molecule has 1 fully saturated rings. The van der Waals surface area contributed by atoms with Gasteiger partial charge in [0.2, 0.25) is 5.88 Å². The highest BCUT2D eigenvalue weighted by molar-refractivity contribution is 5.71. The van der Waals surface area contributed by atoms with E-state index in [1.54, 1.807) is 26.6 Å². The Labute approximate surface area is 205 Å². The number of ether oxygens (including phenoxy) is 2. The molecule has 0 amide bonds. The minimum absolute atomic E-state index is 0.134. The van der Waals surface area contributed by atoms with Crippen LogP contribution in [-0.2, 0) is 7.05 Å². The first-order chi connectivity index (χ1) is 17.1. The highest BCUT2D eigenvalue weighted by Crippen LogP contribution is 2.37. The van der Waals surface area contributed by atoms with E-state index in [0.29, 0.717) is 5.56 Å². The monoisotopic (exact) mass is 470 g/mol. The lowest BCUT2D eigenvalue weighted by Gasteiger charge is -2.23. The van der Waals surface area contributed by atoms with Crippen LogP contribution in [0.3, 0.4) is 0 Å². The van der Waals surface area contributed by atoms with Gasteiger partial charge in [-0.15, -0.1) is 0 Å². The molecule has 5 rings (SSSR count). The molecule has 1 saturated carbocycles. The van der Waals surface area contributed by atoms with E-state index in [1.165, 1.54) is 17.5 Å². The summed E-state index contributed by atoms with van der Waals surface area (Å²) in [7, 11) is 3.39. The number of hydrogen-bond acceptors (Lipinski definition) is 6. The van der Waals surface area contributed by atoms with Crippen LogP contribution in [0.1, 0.15) is 42.9 Å². The standard InChI is InChI=1S/C28H30N4O3/c1-32-28(33)24(18-30-32)19-7-5-9-22(15-19)31-27(21-8-6-14-29-17-21)20-12-13-25(34-2)26(16-20)35-23-10-3-4-11-23/h5-9,12-18,23,27,31,33H,3-4,10-11H2,1-2H3. The summed E-state index contributed by atoms with van der Waals surface area (Å²) in [6.07, 6.45) is 10.1. The summed E-state index contributed by atoms with van der Waals surface area (Å²) in [5.74, 6) is 1.64. The molecule has 1 aliphatic carbocycles. The molecule has 180 valence electrons. The molecule has 1 unspecified atom stereocenters. The lowest BCUT2D eigenvalue weighted by atomic mass is 9.98. The van der Waals surface area contributed by atoms with E-state index >= 15 is 0 Å². The Balaban J connectivity index is 1.50. The Bertz CT molecular complexity index is 1280. The van der Waals surface area contributed by atoms with Crippen LogP contribution < -0.4 is 14.8 Å². The van der Waals surface area contributed by atoms with Gasteiger partial charge in [0.05, 0.1) is 31.0 Å². The van der Waals surface area contributed by atoms with Crippen molar-refractivity contribution < 1.29 is 14.6 Å². The molecule has 2 heterocycles. The molecule has 0 bridgehead atoms. The van der Waals surface area contributed by atoms with Crippen molar-refractivity contribution >= 4 is 5.69 Å². The first-order valence-corrected chi connectivity index (χ1v) is 11.9. The molecule has 2 aromatic heterocycles. The largest absolute Gasteiger partial charge is 0.493 e. The van der Waals surface area contributed by atoms with E-state index in [0.717, 1.165) is 46.7 Å². The molecular weight excluding hydrogens is 440 g/mol. The summed E-state index contributed by atoms with van der Waals surface area (Å²) >= 11 is 0. The van der Waals surface area contributed by atoms with Crippen LogP contribution in [0.2, 0.25) is 0 Å². The first-order valence-electron chi connectivity index (χ1n) is 11.9. The maximum absolute atomic E-state index is 10.4. The fourth-order valence-corrected chi connectivity index (χ4v) is 4.63. The van der Waals surface area contributed by atoms with Gasteiger partial charge in [-0.1, -0.05) is 24.3 Å². The number of pyridine rings is 1. The maximum atomic E-state index is 10.4. The number of aromatic nitrogens is 3. The lowest BCUT2D eigenvalue weighted by Crippen LogP contribution is -2.15. The van der Waals surface area contributed by atoms with Crippen molar-refractivity contribution in [3.63, 3.8) is 0 Å². The molecule has 35 heavy (non-hydrogen) atoms. The Morgan fingerprint density at radius 2 is 1.86 bits per heavy atom. The van der Waals surface area contributed by atoms with E-state index in [1.807, 2.05) is 42.6 Å². The molecule has 7 heteroatoms. The third kappa shape index (κ3) is 4.94. The summed E-state index contributed by atoms with van der Waals surface area (Å²) < 4.78 is 13.4. The molecule has 1 atom stereocenters. The molecule has 1 aliphatic rings. The number of aryl methyl sites for hydroxylation is 1. The highest BCUT2D eigenvalue weighted by Gasteiger charge is 2.21. The Morgan fingerprint density at radius 3 is 2.57 bits per heavy atom. The van der Waals surface area contributed by atoms with E-state index in [-0.39, 0.29) is 18.0 Å². The predicted octanol–water partition coefficient (Wildman–Crippen LogP) is 5.72. The summed E-state index contributed by atoms with van der Waals surface area (Å²) in [5.41, 5.74) is 4.55. The average Bonchev–Trinajstić information content (AvgIpc) is 3.53. The Kier molecular flexibility index (Phi) is 6.57. The van der Waals surface area contributed by atoms with Crippen LogP contribution in [0, 0.1) is 0 Å². The molecule has 0 aliphatic heterocycles. The van der Waals surface area contributed by atoms with Gasteiger partial charge < -0.3 is 19.9 Å². The second-order valence-electron chi connectivity index (χ2n) is 8.88. The molecular formula is C28H30N4O3. The van der Waals surface area contributed by atoms with E-state index in [9.17, 15) is 5.11 Å². The average molecular weight is 471 g/mol. The van der Waals surface area contributed by atoms with Gasteiger partial charge in [-0.3, -0.25) is 4.98 Å². The van der Waals surface area contributed by atoms with Crippen molar-refractivity contribution in [3.05, 3.63) is 84.3 Å². The number of aromatic hydroxyl groups is 1. The number of hydrogen-bond donors (Lipinski definition) is 2. The Hall–Kier alpha value is -4.00. The molecule has 7 nitrogen and oxygen atoms in total. The predicted molar refractivity (Wildman–Crippen MR) is 136 cm³/mol.